The van der Waals surface area contributed by atoms with Gasteiger partial charge in [0.1, 0.15) is 18.5 Å². The van der Waals surface area contributed by atoms with Gasteiger partial charge in [-0.2, -0.15) is 0 Å². The summed E-state index contributed by atoms with van der Waals surface area (Å²) in [5.41, 5.74) is 1.65. The Bertz CT molecular complexity index is 771. The molecule has 138 valence electrons. The summed E-state index contributed by atoms with van der Waals surface area (Å²) in [6.45, 7) is 3.78. The molecule has 1 saturated heterocycles. The molecule has 0 unspecified atom stereocenters. The molecular weight excluding hydrogens is 358 g/mol. The summed E-state index contributed by atoms with van der Waals surface area (Å²) in [5.74, 6) is -0.470. The Kier molecular flexibility index (Phi) is 6.00. The average molecular weight is 378 g/mol. The minimum atomic E-state index is -0.392. The second-order valence-corrected chi connectivity index (χ2v) is 6.51. The molecule has 26 heavy (non-hydrogen) atoms. The molecule has 1 atom stereocenters. The van der Waals surface area contributed by atoms with E-state index >= 15 is 0 Å². The topological polar surface area (TPSA) is 33.7 Å². The average Bonchev–Trinajstić information content (AvgIpc) is 2.64. The van der Waals surface area contributed by atoms with Crippen molar-refractivity contribution < 1.29 is 18.3 Å². The standard InChI is InChI=1S/C19H20F2N2O2S/c1-13-2-7-17(21)18(10-13)25-12-16-11-23(8-9-24-16)19(26)22-15-5-3-14(20)4-6-15/h2-7,10,16H,8-9,11-12H2,1H3,(H,22,26)/t16-/m0/s1. The Labute approximate surface area is 156 Å². The third kappa shape index (κ3) is 4.89. The molecule has 0 amide bonds. The summed E-state index contributed by atoms with van der Waals surface area (Å²) in [5, 5.41) is 3.62. The number of aryl methyl sites for hydroxylation is 1. The Morgan fingerprint density at radius 2 is 2.04 bits per heavy atom. The van der Waals surface area contributed by atoms with E-state index in [4.69, 9.17) is 21.7 Å². The largest absolute Gasteiger partial charge is 0.488 e. The summed E-state index contributed by atoms with van der Waals surface area (Å²) in [6.07, 6.45) is -0.225. The van der Waals surface area contributed by atoms with Gasteiger partial charge < -0.3 is 19.7 Å². The molecule has 3 rings (SSSR count). The van der Waals surface area contributed by atoms with Crippen molar-refractivity contribution in [1.29, 1.82) is 0 Å². The van der Waals surface area contributed by atoms with Gasteiger partial charge in [0.15, 0.2) is 16.7 Å². The molecule has 1 aliphatic heterocycles. The second-order valence-electron chi connectivity index (χ2n) is 6.12. The van der Waals surface area contributed by atoms with E-state index in [1.165, 1.54) is 18.2 Å². The second kappa shape index (κ2) is 8.42. The van der Waals surface area contributed by atoms with Gasteiger partial charge in [0.2, 0.25) is 0 Å². The summed E-state index contributed by atoms with van der Waals surface area (Å²) >= 11 is 5.42. The van der Waals surface area contributed by atoms with Crippen LogP contribution in [0.15, 0.2) is 42.5 Å². The Morgan fingerprint density at radius 1 is 1.27 bits per heavy atom. The van der Waals surface area contributed by atoms with Gasteiger partial charge in [-0.3, -0.25) is 0 Å². The maximum atomic E-state index is 13.8. The van der Waals surface area contributed by atoms with Crippen LogP contribution in [0.1, 0.15) is 5.56 Å². The van der Waals surface area contributed by atoms with Gasteiger partial charge in [-0.05, 0) is 61.1 Å². The highest BCUT2D eigenvalue weighted by Gasteiger charge is 2.23. The number of nitrogens with one attached hydrogen (secondary N) is 1. The molecule has 0 saturated carbocycles. The summed E-state index contributed by atoms with van der Waals surface area (Å²) in [7, 11) is 0. The molecular formula is C19H20F2N2O2S. The van der Waals surface area contributed by atoms with Gasteiger partial charge in [0.05, 0.1) is 6.61 Å². The fourth-order valence-electron chi connectivity index (χ4n) is 2.64. The first-order valence-electron chi connectivity index (χ1n) is 8.33. The van der Waals surface area contributed by atoms with E-state index in [1.807, 2.05) is 11.8 Å². The van der Waals surface area contributed by atoms with Gasteiger partial charge in [-0.15, -0.1) is 0 Å². The van der Waals surface area contributed by atoms with Crippen LogP contribution < -0.4 is 10.1 Å². The van der Waals surface area contributed by atoms with E-state index in [0.717, 1.165) is 11.3 Å². The SMILES string of the molecule is Cc1ccc(F)c(OC[C@@H]2CN(C(=S)Nc3ccc(F)cc3)CCO2)c1. The number of ether oxygens (including phenoxy) is 2. The predicted octanol–water partition coefficient (Wildman–Crippen LogP) is 3.75. The number of anilines is 1. The van der Waals surface area contributed by atoms with E-state index in [9.17, 15) is 8.78 Å². The van der Waals surface area contributed by atoms with Crippen LogP contribution in [0.4, 0.5) is 14.5 Å². The van der Waals surface area contributed by atoms with Crippen molar-refractivity contribution in [2.24, 2.45) is 0 Å². The Hall–Kier alpha value is -2.25. The molecule has 0 aliphatic carbocycles. The van der Waals surface area contributed by atoms with Crippen molar-refractivity contribution in [1.82, 2.24) is 4.90 Å². The Morgan fingerprint density at radius 3 is 2.81 bits per heavy atom. The molecule has 0 bridgehead atoms. The normalized spacial score (nSPS) is 17.0. The van der Waals surface area contributed by atoms with E-state index in [2.05, 4.69) is 5.32 Å². The van der Waals surface area contributed by atoms with Gasteiger partial charge in [0.25, 0.3) is 0 Å². The summed E-state index contributed by atoms with van der Waals surface area (Å²) in [6, 6.07) is 10.7. The molecule has 7 heteroatoms. The van der Waals surface area contributed by atoms with Crippen LogP contribution in [0, 0.1) is 18.6 Å². The van der Waals surface area contributed by atoms with Crippen molar-refractivity contribution >= 4 is 23.0 Å². The number of benzene rings is 2. The molecule has 2 aromatic carbocycles. The van der Waals surface area contributed by atoms with E-state index < -0.39 is 5.82 Å². The monoisotopic (exact) mass is 378 g/mol. The van der Waals surface area contributed by atoms with Crippen LogP contribution in [-0.2, 0) is 4.74 Å². The zero-order valence-electron chi connectivity index (χ0n) is 14.4. The quantitative estimate of drug-likeness (QED) is 0.820. The number of morpholine rings is 1. The van der Waals surface area contributed by atoms with E-state index in [-0.39, 0.29) is 24.3 Å². The lowest BCUT2D eigenvalue weighted by Crippen LogP contribution is -2.49. The zero-order chi connectivity index (χ0) is 18.5. The fourth-order valence-corrected chi connectivity index (χ4v) is 2.93. The molecule has 1 aliphatic rings. The van der Waals surface area contributed by atoms with Crippen molar-refractivity contribution in [3.63, 3.8) is 0 Å². The van der Waals surface area contributed by atoms with Crippen LogP contribution >= 0.6 is 12.2 Å². The first-order valence-corrected chi connectivity index (χ1v) is 8.74. The minimum Gasteiger partial charge on any atom is -0.488 e. The lowest BCUT2D eigenvalue weighted by atomic mass is 10.2. The van der Waals surface area contributed by atoms with Crippen LogP contribution in [-0.4, -0.2) is 42.4 Å². The fraction of sp³-hybridized carbons (Fsp3) is 0.316. The lowest BCUT2D eigenvalue weighted by molar-refractivity contribution is -0.0285. The lowest BCUT2D eigenvalue weighted by Gasteiger charge is -2.34. The molecule has 2 aromatic rings. The van der Waals surface area contributed by atoms with Gasteiger partial charge >= 0.3 is 0 Å². The molecule has 1 heterocycles. The number of nitrogens with zero attached hydrogens (tertiary/aromatic N) is 1. The number of halogens is 2. The highest BCUT2D eigenvalue weighted by atomic mass is 32.1. The summed E-state index contributed by atoms with van der Waals surface area (Å²) < 4.78 is 38.0. The van der Waals surface area contributed by atoms with Crippen molar-refractivity contribution in [3.8, 4) is 5.75 Å². The minimum absolute atomic E-state index is 0.220. The molecule has 1 fully saturated rings. The number of thiocarbonyl (C=S) groups is 1. The zero-order valence-corrected chi connectivity index (χ0v) is 15.2. The number of hydrogen-bond donors (Lipinski definition) is 1. The molecule has 4 nitrogen and oxygen atoms in total. The molecule has 0 aromatic heterocycles. The van der Waals surface area contributed by atoms with Crippen LogP contribution in [0.5, 0.6) is 5.75 Å². The molecule has 1 N–H and O–H groups in total. The highest BCUT2D eigenvalue weighted by molar-refractivity contribution is 7.80. The van der Waals surface area contributed by atoms with Gasteiger partial charge in [-0.1, -0.05) is 6.07 Å². The number of hydrogen-bond acceptors (Lipinski definition) is 3. The van der Waals surface area contributed by atoms with Gasteiger partial charge in [0, 0.05) is 18.8 Å². The maximum absolute atomic E-state index is 13.8. The smallest absolute Gasteiger partial charge is 0.173 e. The van der Waals surface area contributed by atoms with Crippen LogP contribution in [0.3, 0.4) is 0 Å². The third-order valence-corrected chi connectivity index (χ3v) is 4.39. The van der Waals surface area contributed by atoms with Crippen molar-refractivity contribution in [2.45, 2.75) is 13.0 Å². The van der Waals surface area contributed by atoms with Gasteiger partial charge in [-0.25, -0.2) is 8.78 Å². The summed E-state index contributed by atoms with van der Waals surface area (Å²) in [4.78, 5) is 1.96. The maximum Gasteiger partial charge on any atom is 0.173 e. The van der Waals surface area contributed by atoms with Crippen molar-refractivity contribution in [2.75, 3.05) is 31.6 Å². The number of rotatable bonds is 4. The highest BCUT2D eigenvalue weighted by Crippen LogP contribution is 2.19. The third-order valence-electron chi connectivity index (χ3n) is 4.03. The first-order chi connectivity index (χ1) is 12.5. The Balaban J connectivity index is 1.54. The molecule has 0 spiro atoms. The van der Waals surface area contributed by atoms with E-state index in [1.54, 1.807) is 24.3 Å². The van der Waals surface area contributed by atoms with Crippen LogP contribution in [0.25, 0.3) is 0 Å². The molecule has 0 radical (unpaired) electrons. The first kappa shape index (κ1) is 18.5. The van der Waals surface area contributed by atoms with Crippen LogP contribution in [0.2, 0.25) is 0 Å². The van der Waals surface area contributed by atoms with Crippen molar-refractivity contribution in [3.05, 3.63) is 59.7 Å². The van der Waals surface area contributed by atoms with E-state index in [0.29, 0.717) is 24.8 Å². The predicted molar refractivity (Wildman–Crippen MR) is 101 cm³/mol.